The molecule has 1 atom stereocenters. The number of thiophene rings is 1. The molecule has 0 bridgehead atoms. The smallest absolute Gasteiger partial charge is 0.271 e. The fraction of sp³-hybridized carbons (Fsp3) is 0.304. The zero-order valence-electron chi connectivity index (χ0n) is 18.8. The van der Waals surface area contributed by atoms with E-state index in [2.05, 4.69) is 24.9 Å². The number of carbonyl (C=O) groups is 1. The summed E-state index contributed by atoms with van der Waals surface area (Å²) in [4.78, 5) is 22.7. The van der Waals surface area contributed by atoms with Gasteiger partial charge in [0, 0.05) is 49.1 Å². The zero-order valence-corrected chi connectivity index (χ0v) is 21.2. The number of aromatic nitrogens is 2. The van der Waals surface area contributed by atoms with Crippen LogP contribution in [0.15, 0.2) is 46.1 Å². The molecule has 1 aliphatic heterocycles. The minimum Gasteiger partial charge on any atom is -0.352 e. The number of sulfonamides is 1. The monoisotopic (exact) mass is 515 g/mol. The number of para-hydroxylation sites is 1. The van der Waals surface area contributed by atoms with Crippen LogP contribution in [0.2, 0.25) is 0 Å². The molecule has 4 aromatic rings. The van der Waals surface area contributed by atoms with Crippen molar-refractivity contribution in [3.63, 3.8) is 0 Å². The predicted molar refractivity (Wildman–Crippen MR) is 137 cm³/mol. The highest BCUT2D eigenvalue weighted by Crippen LogP contribution is 2.33. The Labute approximate surface area is 206 Å². The van der Waals surface area contributed by atoms with Crippen molar-refractivity contribution in [2.24, 2.45) is 0 Å². The summed E-state index contributed by atoms with van der Waals surface area (Å²) < 4.78 is 28.9. The van der Waals surface area contributed by atoms with Crippen LogP contribution in [0, 0.1) is 6.92 Å². The van der Waals surface area contributed by atoms with Crippen LogP contribution in [0.4, 0.5) is 5.69 Å². The molecule has 11 heteroatoms. The third-order valence-corrected chi connectivity index (χ3v) is 9.87. The quantitative estimate of drug-likeness (QED) is 0.342. The second-order valence-electron chi connectivity index (χ2n) is 8.50. The van der Waals surface area contributed by atoms with Gasteiger partial charge in [0.25, 0.3) is 10.0 Å². The highest BCUT2D eigenvalue weighted by Gasteiger charge is 2.24. The fourth-order valence-corrected chi connectivity index (χ4v) is 7.71. The van der Waals surface area contributed by atoms with Crippen LogP contribution in [0.25, 0.3) is 21.6 Å². The first-order valence-electron chi connectivity index (χ1n) is 10.9. The van der Waals surface area contributed by atoms with Gasteiger partial charge >= 0.3 is 0 Å². The number of nitrogens with zero attached hydrogens (tertiary/aromatic N) is 2. The summed E-state index contributed by atoms with van der Waals surface area (Å²) in [5.74, 6) is 0.0120. The Bertz CT molecular complexity index is 1450. The van der Waals surface area contributed by atoms with Gasteiger partial charge in [0.1, 0.15) is 9.22 Å². The van der Waals surface area contributed by atoms with Gasteiger partial charge in [0.15, 0.2) is 0 Å². The van der Waals surface area contributed by atoms with Gasteiger partial charge in [-0.05, 0) is 42.5 Å². The second-order valence-corrected chi connectivity index (χ2v) is 12.4. The summed E-state index contributed by atoms with van der Waals surface area (Å²) in [6.45, 7) is 5.92. The SMILES string of the molecule is CC(=O)NC1CCN(Cc2cnc(-c3cc4cccc(NS(=O)(=O)c5sccc5C)c4[nH]3)s2)C1. The minimum absolute atomic E-state index is 0.0120. The van der Waals surface area contributed by atoms with E-state index in [1.54, 1.807) is 42.7 Å². The molecule has 3 aromatic heterocycles. The Kier molecular flexibility index (Phi) is 6.19. The molecule has 8 nitrogen and oxygen atoms in total. The summed E-state index contributed by atoms with van der Waals surface area (Å²) >= 11 is 2.82. The van der Waals surface area contributed by atoms with E-state index in [9.17, 15) is 13.2 Å². The van der Waals surface area contributed by atoms with Crippen molar-refractivity contribution in [2.75, 3.05) is 17.8 Å². The molecule has 1 amide bonds. The van der Waals surface area contributed by atoms with E-state index in [4.69, 9.17) is 0 Å². The number of rotatable bonds is 7. The zero-order chi connectivity index (χ0) is 23.9. The molecule has 1 aromatic carbocycles. The Morgan fingerprint density at radius 2 is 2.18 bits per heavy atom. The Balaban J connectivity index is 1.34. The standard InChI is InChI=1S/C23H25N5O3S3/c1-14-7-9-32-23(14)34(30,31)27-19-5-3-4-16-10-20(26-21(16)19)22-24-11-18(33-22)13-28-8-6-17(12-28)25-15(2)29/h3-5,7,9-11,17,26-27H,6,8,12-13H2,1-2H3,(H,25,29). The van der Waals surface area contributed by atoms with Crippen LogP contribution in [-0.2, 0) is 21.4 Å². The summed E-state index contributed by atoms with van der Waals surface area (Å²) in [5, 5.41) is 6.53. The number of thiazole rings is 1. The maximum absolute atomic E-state index is 12.9. The molecule has 34 heavy (non-hydrogen) atoms. The molecule has 5 rings (SSSR count). The van der Waals surface area contributed by atoms with Crippen molar-refractivity contribution in [3.05, 3.63) is 52.3 Å². The molecule has 0 radical (unpaired) electrons. The van der Waals surface area contributed by atoms with E-state index in [1.807, 2.05) is 24.4 Å². The molecule has 0 aliphatic carbocycles. The number of amides is 1. The molecule has 0 spiro atoms. The Morgan fingerprint density at radius 3 is 2.94 bits per heavy atom. The van der Waals surface area contributed by atoms with Crippen molar-refractivity contribution in [2.45, 2.75) is 37.1 Å². The van der Waals surface area contributed by atoms with E-state index < -0.39 is 10.0 Å². The van der Waals surface area contributed by atoms with Crippen LogP contribution < -0.4 is 10.0 Å². The van der Waals surface area contributed by atoms with Crippen LogP contribution in [0.1, 0.15) is 23.8 Å². The van der Waals surface area contributed by atoms with Gasteiger partial charge in [-0.2, -0.15) is 0 Å². The van der Waals surface area contributed by atoms with Crippen molar-refractivity contribution < 1.29 is 13.2 Å². The number of H-pyrrole nitrogens is 1. The second kappa shape index (κ2) is 9.14. The Hall–Kier alpha value is -2.73. The molecule has 0 saturated carbocycles. The number of anilines is 1. The number of benzene rings is 1. The van der Waals surface area contributed by atoms with Crippen LogP contribution in [-0.4, -0.2) is 48.3 Å². The maximum atomic E-state index is 12.9. The first-order chi connectivity index (χ1) is 16.3. The van der Waals surface area contributed by atoms with Crippen molar-refractivity contribution >= 4 is 55.2 Å². The molecule has 1 aliphatic rings. The molecule has 1 saturated heterocycles. The van der Waals surface area contributed by atoms with Gasteiger partial charge in [0.2, 0.25) is 5.91 Å². The van der Waals surface area contributed by atoms with Crippen LogP contribution >= 0.6 is 22.7 Å². The van der Waals surface area contributed by atoms with E-state index >= 15 is 0 Å². The highest BCUT2D eigenvalue weighted by molar-refractivity contribution is 7.94. The van der Waals surface area contributed by atoms with Gasteiger partial charge in [-0.1, -0.05) is 12.1 Å². The van der Waals surface area contributed by atoms with Gasteiger partial charge in [0.05, 0.1) is 16.9 Å². The van der Waals surface area contributed by atoms with Gasteiger partial charge in [-0.25, -0.2) is 13.4 Å². The van der Waals surface area contributed by atoms with Gasteiger partial charge in [-0.15, -0.1) is 22.7 Å². The van der Waals surface area contributed by atoms with E-state index in [1.165, 1.54) is 11.3 Å². The van der Waals surface area contributed by atoms with Crippen molar-refractivity contribution in [1.29, 1.82) is 0 Å². The summed E-state index contributed by atoms with van der Waals surface area (Å²) in [6.07, 6.45) is 2.84. The number of fused-ring (bicyclic) bond motifs is 1. The molecule has 4 heterocycles. The molecular weight excluding hydrogens is 490 g/mol. The normalized spacial score (nSPS) is 16.8. The lowest BCUT2D eigenvalue weighted by Gasteiger charge is -2.14. The molecule has 3 N–H and O–H groups in total. The number of hydrogen-bond donors (Lipinski definition) is 3. The lowest BCUT2D eigenvalue weighted by molar-refractivity contribution is -0.119. The topological polar surface area (TPSA) is 107 Å². The lowest BCUT2D eigenvalue weighted by Crippen LogP contribution is -2.35. The minimum atomic E-state index is -3.67. The predicted octanol–water partition coefficient (Wildman–Crippen LogP) is 4.17. The fourth-order valence-electron chi connectivity index (χ4n) is 4.29. The molecular formula is C23H25N5O3S3. The van der Waals surface area contributed by atoms with E-state index in [0.717, 1.165) is 58.1 Å². The van der Waals surface area contributed by atoms with Gasteiger partial charge < -0.3 is 10.3 Å². The number of likely N-dealkylation sites (tertiary alicyclic amines) is 1. The largest absolute Gasteiger partial charge is 0.352 e. The maximum Gasteiger partial charge on any atom is 0.271 e. The summed E-state index contributed by atoms with van der Waals surface area (Å²) in [6, 6.07) is 9.55. The molecule has 178 valence electrons. The third-order valence-electron chi connectivity index (χ3n) is 5.80. The average molecular weight is 516 g/mol. The van der Waals surface area contributed by atoms with Crippen LogP contribution in [0.3, 0.4) is 0 Å². The van der Waals surface area contributed by atoms with E-state index in [-0.39, 0.29) is 11.9 Å². The first-order valence-corrected chi connectivity index (χ1v) is 14.1. The number of nitrogens with one attached hydrogen (secondary N) is 3. The van der Waals surface area contributed by atoms with Crippen molar-refractivity contribution in [1.82, 2.24) is 20.2 Å². The number of carbonyl (C=O) groups excluding carboxylic acids is 1. The molecule has 1 unspecified atom stereocenters. The number of hydrogen-bond acceptors (Lipinski definition) is 7. The summed E-state index contributed by atoms with van der Waals surface area (Å²) in [7, 11) is -3.67. The van der Waals surface area contributed by atoms with E-state index in [0.29, 0.717) is 9.90 Å². The third kappa shape index (κ3) is 4.74. The number of aromatic amines is 1. The summed E-state index contributed by atoms with van der Waals surface area (Å²) in [5.41, 5.74) is 2.82. The Morgan fingerprint density at radius 1 is 1.32 bits per heavy atom. The van der Waals surface area contributed by atoms with Crippen LogP contribution in [0.5, 0.6) is 0 Å². The molecule has 1 fully saturated rings. The highest BCUT2D eigenvalue weighted by atomic mass is 32.2. The van der Waals surface area contributed by atoms with Crippen molar-refractivity contribution in [3.8, 4) is 10.7 Å². The lowest BCUT2D eigenvalue weighted by atomic mass is 10.2. The van der Waals surface area contributed by atoms with Gasteiger partial charge in [-0.3, -0.25) is 14.4 Å². The first kappa shape index (κ1) is 23.0. The number of aryl methyl sites for hydroxylation is 1. The average Bonchev–Trinajstić information content (AvgIpc) is 3.54.